The van der Waals surface area contributed by atoms with E-state index in [4.69, 9.17) is 4.42 Å². The molecule has 0 saturated heterocycles. The van der Waals surface area contributed by atoms with Gasteiger partial charge in [0, 0.05) is 33.9 Å². The summed E-state index contributed by atoms with van der Waals surface area (Å²) in [6.07, 6.45) is 0. The zero-order valence-corrected chi connectivity index (χ0v) is 22.9. The zero-order valence-electron chi connectivity index (χ0n) is 22.9. The molecule has 2 nitrogen and oxygen atoms in total. The second-order valence-corrected chi connectivity index (χ2v) is 10.6. The molecule has 0 saturated carbocycles. The number of anilines is 3. The molecular formula is C40H27NO. The van der Waals surface area contributed by atoms with Crippen molar-refractivity contribution in [1.29, 1.82) is 0 Å². The minimum Gasteiger partial charge on any atom is -0.456 e. The van der Waals surface area contributed by atoms with E-state index in [2.05, 4.69) is 157 Å². The Kier molecular flexibility index (Phi) is 5.82. The van der Waals surface area contributed by atoms with Gasteiger partial charge in [0.25, 0.3) is 0 Å². The number of rotatable bonds is 5. The van der Waals surface area contributed by atoms with Gasteiger partial charge in [-0.15, -0.1) is 0 Å². The third-order valence-corrected chi connectivity index (χ3v) is 8.03. The van der Waals surface area contributed by atoms with E-state index in [0.29, 0.717) is 0 Å². The van der Waals surface area contributed by atoms with Crippen LogP contribution in [0.25, 0.3) is 55.0 Å². The van der Waals surface area contributed by atoms with Crippen molar-refractivity contribution in [2.24, 2.45) is 0 Å². The molecule has 2 heteroatoms. The molecule has 0 amide bonds. The van der Waals surface area contributed by atoms with E-state index in [1.165, 1.54) is 27.5 Å². The van der Waals surface area contributed by atoms with Crippen LogP contribution in [0.2, 0.25) is 0 Å². The molecule has 0 spiro atoms. The number of para-hydroxylation sites is 2. The minimum atomic E-state index is 0.873. The second-order valence-electron chi connectivity index (χ2n) is 10.6. The molecule has 1 heterocycles. The summed E-state index contributed by atoms with van der Waals surface area (Å²) in [6, 6.07) is 57.8. The third-order valence-electron chi connectivity index (χ3n) is 8.03. The van der Waals surface area contributed by atoms with Gasteiger partial charge in [0.15, 0.2) is 0 Å². The number of hydrogen-bond donors (Lipinski definition) is 0. The van der Waals surface area contributed by atoms with Crippen molar-refractivity contribution in [2.45, 2.75) is 0 Å². The van der Waals surface area contributed by atoms with Gasteiger partial charge in [0.2, 0.25) is 0 Å². The molecule has 0 atom stereocenters. The van der Waals surface area contributed by atoms with Crippen LogP contribution in [0, 0.1) is 0 Å². The molecule has 0 fully saturated rings. The summed E-state index contributed by atoms with van der Waals surface area (Å²) in [6.45, 7) is 0. The van der Waals surface area contributed by atoms with Crippen molar-refractivity contribution < 1.29 is 4.42 Å². The maximum atomic E-state index is 6.58. The Morgan fingerprint density at radius 3 is 1.48 bits per heavy atom. The molecule has 42 heavy (non-hydrogen) atoms. The largest absolute Gasteiger partial charge is 0.456 e. The van der Waals surface area contributed by atoms with E-state index < -0.39 is 0 Å². The maximum absolute atomic E-state index is 6.58. The van der Waals surface area contributed by atoms with Gasteiger partial charge in [-0.2, -0.15) is 0 Å². The van der Waals surface area contributed by atoms with Crippen molar-refractivity contribution in [2.75, 3.05) is 4.90 Å². The monoisotopic (exact) mass is 537 g/mol. The lowest BCUT2D eigenvalue weighted by atomic mass is 9.91. The third kappa shape index (κ3) is 4.22. The number of nitrogens with zero attached hydrogens (tertiary/aromatic N) is 1. The molecule has 198 valence electrons. The van der Waals surface area contributed by atoms with Crippen molar-refractivity contribution >= 4 is 49.8 Å². The minimum absolute atomic E-state index is 0.873. The van der Waals surface area contributed by atoms with E-state index in [1.54, 1.807) is 0 Å². The quantitative estimate of drug-likeness (QED) is 0.217. The van der Waals surface area contributed by atoms with Gasteiger partial charge >= 0.3 is 0 Å². The average molecular weight is 538 g/mol. The number of furan rings is 1. The van der Waals surface area contributed by atoms with E-state index in [-0.39, 0.29) is 0 Å². The van der Waals surface area contributed by atoms with E-state index in [0.717, 1.165) is 44.6 Å². The summed E-state index contributed by atoms with van der Waals surface area (Å²) in [7, 11) is 0. The highest BCUT2D eigenvalue weighted by Gasteiger charge is 2.16. The Bertz CT molecular complexity index is 2140. The molecule has 0 bridgehead atoms. The van der Waals surface area contributed by atoms with Crippen molar-refractivity contribution in [3.05, 3.63) is 164 Å². The van der Waals surface area contributed by atoms with Crippen LogP contribution >= 0.6 is 0 Å². The van der Waals surface area contributed by atoms with Crippen molar-refractivity contribution in [3.63, 3.8) is 0 Å². The summed E-state index contributed by atoms with van der Waals surface area (Å²) >= 11 is 0. The molecule has 0 radical (unpaired) electrons. The second kappa shape index (κ2) is 10.1. The summed E-state index contributed by atoms with van der Waals surface area (Å²) < 4.78 is 6.58. The van der Waals surface area contributed by atoms with Gasteiger partial charge in [0.1, 0.15) is 11.2 Å². The van der Waals surface area contributed by atoms with E-state index >= 15 is 0 Å². The molecule has 1 aromatic heterocycles. The lowest BCUT2D eigenvalue weighted by molar-refractivity contribution is 0.669. The van der Waals surface area contributed by atoms with Gasteiger partial charge in [-0.05, 0) is 93.7 Å². The van der Waals surface area contributed by atoms with Crippen LogP contribution in [0.1, 0.15) is 0 Å². The SMILES string of the molecule is c1ccc(-c2cc3ccccc3cc2-c2ccc3c(c2)oc2cc(N(c4ccccc4)c4ccccc4)ccc23)cc1. The summed E-state index contributed by atoms with van der Waals surface area (Å²) in [5, 5.41) is 4.69. The topological polar surface area (TPSA) is 16.4 Å². The summed E-state index contributed by atoms with van der Waals surface area (Å²) in [5.74, 6) is 0. The van der Waals surface area contributed by atoms with Gasteiger partial charge in [-0.25, -0.2) is 0 Å². The van der Waals surface area contributed by atoms with Crippen LogP contribution in [0.4, 0.5) is 17.1 Å². The van der Waals surface area contributed by atoms with Crippen LogP contribution in [-0.2, 0) is 0 Å². The van der Waals surface area contributed by atoms with E-state index in [1.807, 2.05) is 12.1 Å². The van der Waals surface area contributed by atoms with Gasteiger partial charge in [-0.1, -0.05) is 97.1 Å². The lowest BCUT2D eigenvalue weighted by Gasteiger charge is -2.25. The van der Waals surface area contributed by atoms with Crippen molar-refractivity contribution in [1.82, 2.24) is 0 Å². The predicted molar refractivity (Wildman–Crippen MR) is 177 cm³/mol. The normalized spacial score (nSPS) is 11.3. The Balaban J connectivity index is 1.28. The van der Waals surface area contributed by atoms with E-state index in [9.17, 15) is 0 Å². The molecule has 0 N–H and O–H groups in total. The van der Waals surface area contributed by atoms with Crippen LogP contribution in [0.15, 0.2) is 168 Å². The van der Waals surface area contributed by atoms with Crippen LogP contribution < -0.4 is 4.90 Å². The summed E-state index contributed by atoms with van der Waals surface area (Å²) in [5.41, 5.74) is 9.78. The van der Waals surface area contributed by atoms with Crippen LogP contribution in [0.3, 0.4) is 0 Å². The van der Waals surface area contributed by atoms with Gasteiger partial charge in [-0.3, -0.25) is 0 Å². The Hall–Kier alpha value is -5.60. The average Bonchev–Trinajstić information content (AvgIpc) is 3.43. The highest BCUT2D eigenvalue weighted by Crippen LogP contribution is 2.41. The fraction of sp³-hybridized carbons (Fsp3) is 0. The molecule has 0 aliphatic carbocycles. The standard InChI is InChI=1S/C40H27NO/c1-4-12-28(13-5-1)37-24-29-14-10-11-15-30(29)25-38(37)31-20-22-35-36-23-21-34(27-40(36)42-39(35)26-31)41(32-16-6-2-7-17-32)33-18-8-3-9-19-33/h1-27H. The van der Waals surface area contributed by atoms with Gasteiger partial charge < -0.3 is 9.32 Å². The highest BCUT2D eigenvalue weighted by atomic mass is 16.3. The molecule has 7 aromatic carbocycles. The number of hydrogen-bond acceptors (Lipinski definition) is 2. The maximum Gasteiger partial charge on any atom is 0.137 e. The molecule has 0 unspecified atom stereocenters. The number of benzene rings is 7. The van der Waals surface area contributed by atoms with Crippen LogP contribution in [-0.4, -0.2) is 0 Å². The fourth-order valence-electron chi connectivity index (χ4n) is 6.01. The highest BCUT2D eigenvalue weighted by molar-refractivity contribution is 6.08. The predicted octanol–water partition coefficient (Wildman–Crippen LogP) is 11.5. The molecule has 8 aromatic rings. The first-order valence-electron chi connectivity index (χ1n) is 14.3. The smallest absolute Gasteiger partial charge is 0.137 e. The first-order valence-corrected chi connectivity index (χ1v) is 14.3. The number of fused-ring (bicyclic) bond motifs is 4. The lowest BCUT2D eigenvalue weighted by Crippen LogP contribution is -2.09. The Labute approximate surface area is 244 Å². The molecule has 8 rings (SSSR count). The molecule has 0 aliphatic heterocycles. The molecular weight excluding hydrogens is 510 g/mol. The molecule has 0 aliphatic rings. The Morgan fingerprint density at radius 2 is 0.857 bits per heavy atom. The zero-order chi connectivity index (χ0) is 27.9. The summed E-state index contributed by atoms with van der Waals surface area (Å²) in [4.78, 5) is 2.26. The van der Waals surface area contributed by atoms with Crippen LogP contribution in [0.5, 0.6) is 0 Å². The first-order chi connectivity index (χ1) is 20.8. The van der Waals surface area contributed by atoms with Gasteiger partial charge in [0.05, 0.1) is 0 Å². The fourth-order valence-corrected chi connectivity index (χ4v) is 6.01. The first kappa shape index (κ1) is 24.2. The van der Waals surface area contributed by atoms with Crippen molar-refractivity contribution in [3.8, 4) is 22.3 Å². The Morgan fingerprint density at radius 1 is 0.357 bits per heavy atom.